The minimum Gasteiger partial charge on any atom is -1.00 e. The molecule has 0 N–H and O–H groups in total. The van der Waals surface area contributed by atoms with Crippen molar-refractivity contribution in [1.29, 1.82) is 0 Å². The third-order valence-corrected chi connectivity index (χ3v) is 5.16. The summed E-state index contributed by atoms with van der Waals surface area (Å²) in [5, 5.41) is 0. The standard InChI is InChI=1S/C26H36N2.2ClH.Co/c1-17(2)21-11-9-12-22(18(3)4)25(21)27-15-16-28-26-23(19(5)6)13-10-14-24(26)20(7)8;;;/h9-20H,1-8H3;2*1H;/q;;;+2/p-2. The fraction of sp³-hybridized carbons (Fsp3) is 0.462. The van der Waals surface area contributed by atoms with Crippen LogP contribution in [0.4, 0.5) is 11.4 Å². The van der Waals surface area contributed by atoms with Crippen LogP contribution < -0.4 is 24.8 Å². The quantitative estimate of drug-likeness (QED) is 0.516. The van der Waals surface area contributed by atoms with Crippen molar-refractivity contribution in [2.45, 2.75) is 79.1 Å². The van der Waals surface area contributed by atoms with Crippen LogP contribution in [0.5, 0.6) is 0 Å². The van der Waals surface area contributed by atoms with Crippen molar-refractivity contribution >= 4 is 23.8 Å². The summed E-state index contributed by atoms with van der Waals surface area (Å²) in [6.07, 6.45) is 3.71. The van der Waals surface area contributed by atoms with Crippen LogP contribution in [0.2, 0.25) is 0 Å². The van der Waals surface area contributed by atoms with Gasteiger partial charge in [0.1, 0.15) is 0 Å². The molecule has 0 aliphatic rings. The zero-order valence-electron chi connectivity index (χ0n) is 19.9. The zero-order valence-corrected chi connectivity index (χ0v) is 22.5. The molecule has 0 spiro atoms. The molecule has 0 amide bonds. The summed E-state index contributed by atoms with van der Waals surface area (Å²) in [6, 6.07) is 13.0. The monoisotopic (exact) mass is 505 g/mol. The molecule has 0 aliphatic heterocycles. The van der Waals surface area contributed by atoms with E-state index in [9.17, 15) is 0 Å². The van der Waals surface area contributed by atoms with Crippen LogP contribution in [0, 0.1) is 0 Å². The van der Waals surface area contributed by atoms with Crippen molar-refractivity contribution in [2.75, 3.05) is 0 Å². The summed E-state index contributed by atoms with van der Waals surface area (Å²) in [6.45, 7) is 17.8. The first-order valence-electron chi connectivity index (χ1n) is 10.6. The van der Waals surface area contributed by atoms with E-state index in [0.717, 1.165) is 11.4 Å². The van der Waals surface area contributed by atoms with Gasteiger partial charge in [0.05, 0.1) is 11.4 Å². The molecule has 0 fully saturated rings. The molecule has 0 saturated carbocycles. The molecule has 2 rings (SSSR count). The van der Waals surface area contributed by atoms with E-state index in [2.05, 4.69) is 91.8 Å². The maximum atomic E-state index is 4.84. The average Bonchev–Trinajstić information content (AvgIpc) is 2.64. The van der Waals surface area contributed by atoms with Gasteiger partial charge in [-0.25, -0.2) is 0 Å². The zero-order chi connectivity index (χ0) is 20.8. The second-order valence-electron chi connectivity index (χ2n) is 8.75. The maximum absolute atomic E-state index is 4.84. The first-order chi connectivity index (χ1) is 13.2. The van der Waals surface area contributed by atoms with Crippen molar-refractivity contribution in [3.05, 3.63) is 58.7 Å². The predicted octanol–water partition coefficient (Wildman–Crippen LogP) is 2.29. The molecular formula is C26H36Cl2CoN2. The predicted molar refractivity (Wildman–Crippen MR) is 126 cm³/mol. The van der Waals surface area contributed by atoms with Crippen LogP contribution in [0.1, 0.15) is 101 Å². The van der Waals surface area contributed by atoms with Crippen LogP contribution in [0.25, 0.3) is 0 Å². The Kier molecular flexibility index (Phi) is 15.3. The Morgan fingerprint density at radius 2 is 0.742 bits per heavy atom. The first kappa shape index (κ1) is 32.0. The Morgan fingerprint density at radius 1 is 0.516 bits per heavy atom. The second kappa shape index (κ2) is 14.8. The van der Waals surface area contributed by atoms with Crippen LogP contribution >= 0.6 is 0 Å². The summed E-state index contributed by atoms with van der Waals surface area (Å²) in [5.41, 5.74) is 7.37. The van der Waals surface area contributed by atoms with Gasteiger partial charge >= 0.3 is 16.8 Å². The van der Waals surface area contributed by atoms with Crippen molar-refractivity contribution < 1.29 is 41.6 Å². The summed E-state index contributed by atoms with van der Waals surface area (Å²) in [5.74, 6) is 1.77. The largest absolute Gasteiger partial charge is 2.00 e. The first-order valence-corrected chi connectivity index (χ1v) is 10.6. The summed E-state index contributed by atoms with van der Waals surface area (Å²) >= 11 is 0. The second-order valence-corrected chi connectivity index (χ2v) is 8.75. The molecule has 5 heteroatoms. The van der Waals surface area contributed by atoms with E-state index < -0.39 is 0 Å². The summed E-state index contributed by atoms with van der Waals surface area (Å²) < 4.78 is 0. The minimum absolute atomic E-state index is 0. The van der Waals surface area contributed by atoms with Gasteiger partial charge in [0.2, 0.25) is 0 Å². The van der Waals surface area contributed by atoms with Gasteiger partial charge in [0.15, 0.2) is 0 Å². The molecule has 31 heavy (non-hydrogen) atoms. The Morgan fingerprint density at radius 3 is 0.935 bits per heavy atom. The van der Waals surface area contributed by atoms with E-state index in [1.165, 1.54) is 22.3 Å². The van der Waals surface area contributed by atoms with Crippen molar-refractivity contribution in [3.63, 3.8) is 0 Å². The Balaban J connectivity index is 0. The van der Waals surface area contributed by atoms with Crippen LogP contribution in [0.3, 0.4) is 0 Å². The smallest absolute Gasteiger partial charge is 1.00 e. The van der Waals surface area contributed by atoms with Gasteiger partial charge in [-0.1, -0.05) is 91.8 Å². The van der Waals surface area contributed by atoms with E-state index in [1.807, 2.05) is 12.4 Å². The molecule has 173 valence electrons. The maximum Gasteiger partial charge on any atom is 2.00 e. The van der Waals surface area contributed by atoms with Crippen molar-refractivity contribution in [1.82, 2.24) is 0 Å². The number of para-hydroxylation sites is 2. The van der Waals surface area contributed by atoms with Crippen molar-refractivity contribution in [2.24, 2.45) is 9.98 Å². The van der Waals surface area contributed by atoms with Gasteiger partial charge in [0.25, 0.3) is 0 Å². The van der Waals surface area contributed by atoms with E-state index >= 15 is 0 Å². The topological polar surface area (TPSA) is 24.7 Å². The molecule has 2 nitrogen and oxygen atoms in total. The molecule has 0 atom stereocenters. The Labute approximate surface area is 212 Å². The minimum atomic E-state index is 0. The third kappa shape index (κ3) is 8.38. The number of rotatable bonds is 7. The van der Waals surface area contributed by atoms with E-state index in [-0.39, 0.29) is 41.6 Å². The molecule has 2 aromatic rings. The number of nitrogens with zero attached hydrogens (tertiary/aromatic N) is 2. The van der Waals surface area contributed by atoms with Gasteiger partial charge in [-0.2, -0.15) is 0 Å². The number of benzene rings is 2. The fourth-order valence-electron chi connectivity index (χ4n) is 3.54. The molecule has 0 bridgehead atoms. The number of hydrogen-bond acceptors (Lipinski definition) is 2. The van der Waals surface area contributed by atoms with Crippen LogP contribution in [0.15, 0.2) is 46.4 Å². The molecule has 1 radical (unpaired) electrons. The molecule has 0 unspecified atom stereocenters. The van der Waals surface area contributed by atoms with E-state index in [4.69, 9.17) is 9.98 Å². The van der Waals surface area contributed by atoms with Gasteiger partial charge in [-0.15, -0.1) is 0 Å². The number of halogens is 2. The molecule has 0 saturated heterocycles. The molecule has 0 aliphatic carbocycles. The van der Waals surface area contributed by atoms with Gasteiger partial charge in [0, 0.05) is 12.4 Å². The van der Waals surface area contributed by atoms with Gasteiger partial charge in [-0.3, -0.25) is 9.98 Å². The summed E-state index contributed by atoms with van der Waals surface area (Å²) in [7, 11) is 0. The normalized spacial score (nSPS) is 11.4. The molecule has 2 aromatic carbocycles. The number of aliphatic imine (C=N–C) groups is 2. The fourth-order valence-corrected chi connectivity index (χ4v) is 3.54. The van der Waals surface area contributed by atoms with Gasteiger partial charge in [-0.05, 0) is 45.9 Å². The molecular weight excluding hydrogens is 470 g/mol. The summed E-state index contributed by atoms with van der Waals surface area (Å²) in [4.78, 5) is 9.68. The number of hydrogen-bond donors (Lipinski definition) is 0. The average molecular weight is 506 g/mol. The Hall–Kier alpha value is -1.13. The third-order valence-electron chi connectivity index (χ3n) is 5.16. The van der Waals surface area contributed by atoms with Crippen LogP contribution in [-0.2, 0) is 16.8 Å². The van der Waals surface area contributed by atoms with Crippen LogP contribution in [-0.4, -0.2) is 12.4 Å². The van der Waals surface area contributed by atoms with E-state index in [1.54, 1.807) is 0 Å². The van der Waals surface area contributed by atoms with E-state index in [0.29, 0.717) is 23.7 Å². The van der Waals surface area contributed by atoms with Gasteiger partial charge < -0.3 is 24.8 Å². The van der Waals surface area contributed by atoms with Crippen molar-refractivity contribution in [3.8, 4) is 0 Å². The Bertz CT molecular complexity index is 732. The SMILES string of the molecule is CC(C)c1cccc(C(C)C)c1N=CC=Nc1c(C(C)C)cccc1C(C)C.[Cl-].[Cl-].[Co+2]. The molecule has 0 aromatic heterocycles. The molecule has 0 heterocycles.